The van der Waals surface area contributed by atoms with Crippen LogP contribution in [0, 0.1) is 5.82 Å². The molecule has 2 atom stereocenters. The molecule has 0 unspecified atom stereocenters. The fraction of sp³-hybridized carbons (Fsp3) is 0.458. The SMILES string of the molecule is CC(=O)N1CCN(c2ccc(CN3[C@H](C)COC[C@@H](c4ccccc4)S3(=O)=O)c(F)c2)CC1. The number of rotatable bonds is 4. The molecular weight excluding hydrogens is 445 g/mol. The summed E-state index contributed by atoms with van der Waals surface area (Å²) < 4.78 is 49.3. The number of hydrogen-bond donors (Lipinski definition) is 0. The number of piperazine rings is 1. The van der Waals surface area contributed by atoms with E-state index in [1.807, 2.05) is 17.0 Å². The molecule has 0 N–H and O–H groups in total. The van der Waals surface area contributed by atoms with Gasteiger partial charge in [0.2, 0.25) is 15.9 Å². The van der Waals surface area contributed by atoms with Gasteiger partial charge in [-0.05, 0) is 24.6 Å². The second kappa shape index (κ2) is 9.79. The minimum atomic E-state index is -3.77. The number of benzene rings is 2. The van der Waals surface area contributed by atoms with Gasteiger partial charge in [-0.2, -0.15) is 4.31 Å². The number of anilines is 1. The minimum Gasteiger partial charge on any atom is -0.378 e. The summed E-state index contributed by atoms with van der Waals surface area (Å²) in [5.74, 6) is -0.396. The molecule has 0 spiro atoms. The zero-order valence-electron chi connectivity index (χ0n) is 19.0. The smallest absolute Gasteiger partial charge is 0.224 e. The monoisotopic (exact) mass is 475 g/mol. The third-order valence-electron chi connectivity index (χ3n) is 6.43. The van der Waals surface area contributed by atoms with Gasteiger partial charge in [0.05, 0.1) is 13.2 Å². The number of carbonyl (C=O) groups excluding carboxylic acids is 1. The Morgan fingerprint density at radius 2 is 1.76 bits per heavy atom. The molecule has 0 saturated carbocycles. The van der Waals surface area contributed by atoms with Gasteiger partial charge in [0.1, 0.15) is 11.1 Å². The molecule has 2 aromatic rings. The van der Waals surface area contributed by atoms with Crippen molar-refractivity contribution in [2.75, 3.05) is 44.3 Å². The maximum atomic E-state index is 15.1. The highest BCUT2D eigenvalue weighted by Gasteiger charge is 2.39. The Kier molecular flexibility index (Phi) is 7.02. The van der Waals surface area contributed by atoms with Crippen LogP contribution in [0.15, 0.2) is 48.5 Å². The molecule has 9 heteroatoms. The van der Waals surface area contributed by atoms with E-state index in [0.29, 0.717) is 37.3 Å². The second-order valence-corrected chi connectivity index (χ2v) is 10.7. The third kappa shape index (κ3) is 5.05. The standard InChI is InChI=1S/C24H30FN3O4S/c1-18-16-32-17-24(20-6-4-3-5-7-20)33(30,31)28(18)15-21-8-9-22(14-23(21)25)27-12-10-26(11-13-27)19(2)29/h3-9,14,18,24H,10-13,15-17H2,1-2H3/t18-,24+/m1/s1. The van der Waals surface area contributed by atoms with Crippen LogP contribution in [0.2, 0.25) is 0 Å². The molecule has 2 saturated heterocycles. The first kappa shape index (κ1) is 23.7. The summed E-state index contributed by atoms with van der Waals surface area (Å²) in [7, 11) is -3.77. The van der Waals surface area contributed by atoms with Crippen LogP contribution in [0.25, 0.3) is 0 Å². The largest absolute Gasteiger partial charge is 0.378 e. The zero-order chi connectivity index (χ0) is 23.6. The molecule has 4 rings (SSSR count). The van der Waals surface area contributed by atoms with E-state index in [0.717, 1.165) is 5.69 Å². The van der Waals surface area contributed by atoms with Crippen LogP contribution in [0.1, 0.15) is 30.2 Å². The number of carbonyl (C=O) groups is 1. The second-order valence-electron chi connectivity index (χ2n) is 8.64. The van der Waals surface area contributed by atoms with Crippen LogP contribution >= 0.6 is 0 Å². The van der Waals surface area contributed by atoms with Crippen molar-refractivity contribution in [1.29, 1.82) is 0 Å². The molecule has 2 aromatic carbocycles. The van der Waals surface area contributed by atoms with Crippen LogP contribution in [0.3, 0.4) is 0 Å². The number of halogens is 1. The van der Waals surface area contributed by atoms with Crippen molar-refractivity contribution < 1.29 is 22.3 Å². The lowest BCUT2D eigenvalue weighted by Crippen LogP contribution is -2.48. The minimum absolute atomic E-state index is 0.0433. The van der Waals surface area contributed by atoms with E-state index < -0.39 is 27.1 Å². The van der Waals surface area contributed by atoms with Crippen molar-refractivity contribution >= 4 is 21.6 Å². The van der Waals surface area contributed by atoms with Crippen molar-refractivity contribution in [1.82, 2.24) is 9.21 Å². The third-order valence-corrected chi connectivity index (χ3v) is 8.70. The van der Waals surface area contributed by atoms with Gasteiger partial charge in [-0.3, -0.25) is 4.79 Å². The Labute approximate surface area is 194 Å². The van der Waals surface area contributed by atoms with Crippen molar-refractivity contribution in [2.45, 2.75) is 31.7 Å². The number of ether oxygens (including phenoxy) is 1. The van der Waals surface area contributed by atoms with E-state index in [9.17, 15) is 13.2 Å². The Morgan fingerprint density at radius 3 is 2.39 bits per heavy atom. The fourth-order valence-electron chi connectivity index (χ4n) is 4.42. The Hall–Kier alpha value is -2.49. The maximum Gasteiger partial charge on any atom is 0.224 e. The highest BCUT2D eigenvalue weighted by atomic mass is 32.2. The molecule has 1 amide bonds. The van der Waals surface area contributed by atoms with E-state index in [1.165, 1.54) is 10.4 Å². The van der Waals surface area contributed by atoms with Crippen LogP contribution in [0.5, 0.6) is 0 Å². The molecule has 2 fully saturated rings. The first-order valence-corrected chi connectivity index (χ1v) is 12.7. The average molecular weight is 476 g/mol. The normalized spacial score (nSPS) is 23.8. The number of amides is 1. The Morgan fingerprint density at radius 1 is 1.06 bits per heavy atom. The number of sulfonamides is 1. The van der Waals surface area contributed by atoms with Gasteiger partial charge in [0, 0.05) is 56.9 Å². The lowest BCUT2D eigenvalue weighted by atomic mass is 10.1. The van der Waals surface area contributed by atoms with Gasteiger partial charge >= 0.3 is 0 Å². The first-order valence-electron chi connectivity index (χ1n) is 11.2. The molecule has 33 heavy (non-hydrogen) atoms. The summed E-state index contributed by atoms with van der Waals surface area (Å²) in [5, 5.41) is -0.830. The predicted octanol–water partition coefficient (Wildman–Crippen LogP) is 2.79. The predicted molar refractivity (Wildman–Crippen MR) is 125 cm³/mol. The highest BCUT2D eigenvalue weighted by molar-refractivity contribution is 7.89. The zero-order valence-corrected chi connectivity index (χ0v) is 19.8. The van der Waals surface area contributed by atoms with E-state index in [2.05, 4.69) is 0 Å². The molecule has 0 aliphatic carbocycles. The Balaban J connectivity index is 1.54. The molecular formula is C24H30FN3O4S. The van der Waals surface area contributed by atoms with E-state index in [1.54, 1.807) is 49.1 Å². The Bertz CT molecular complexity index is 1090. The summed E-state index contributed by atoms with van der Waals surface area (Å²) in [6.07, 6.45) is 0. The van der Waals surface area contributed by atoms with E-state index >= 15 is 4.39 Å². The lowest BCUT2D eigenvalue weighted by Gasteiger charge is -2.35. The molecule has 2 aliphatic heterocycles. The summed E-state index contributed by atoms with van der Waals surface area (Å²) in [4.78, 5) is 15.3. The topological polar surface area (TPSA) is 70.2 Å². The maximum absolute atomic E-state index is 15.1. The molecule has 0 bridgehead atoms. The molecule has 0 radical (unpaired) electrons. The van der Waals surface area contributed by atoms with Crippen molar-refractivity contribution in [3.05, 3.63) is 65.5 Å². The van der Waals surface area contributed by atoms with Gasteiger partial charge in [-0.25, -0.2) is 12.8 Å². The van der Waals surface area contributed by atoms with Crippen LogP contribution in [0.4, 0.5) is 10.1 Å². The van der Waals surface area contributed by atoms with Crippen molar-refractivity contribution in [3.63, 3.8) is 0 Å². The first-order chi connectivity index (χ1) is 15.8. The summed E-state index contributed by atoms with van der Waals surface area (Å²) in [6.45, 7) is 6.06. The van der Waals surface area contributed by atoms with Crippen LogP contribution < -0.4 is 4.90 Å². The molecule has 2 aliphatic rings. The van der Waals surface area contributed by atoms with Gasteiger partial charge in [-0.1, -0.05) is 36.4 Å². The van der Waals surface area contributed by atoms with Gasteiger partial charge < -0.3 is 14.5 Å². The fourth-order valence-corrected chi connectivity index (χ4v) is 6.40. The lowest BCUT2D eigenvalue weighted by molar-refractivity contribution is -0.129. The van der Waals surface area contributed by atoms with Gasteiger partial charge in [0.25, 0.3) is 0 Å². The molecule has 2 heterocycles. The van der Waals surface area contributed by atoms with E-state index in [4.69, 9.17) is 4.74 Å². The van der Waals surface area contributed by atoms with Crippen LogP contribution in [-0.4, -0.2) is 69.0 Å². The number of nitrogens with zero attached hydrogens (tertiary/aromatic N) is 3. The van der Waals surface area contributed by atoms with Crippen molar-refractivity contribution in [2.24, 2.45) is 0 Å². The number of hydrogen-bond acceptors (Lipinski definition) is 5. The van der Waals surface area contributed by atoms with Crippen molar-refractivity contribution in [3.8, 4) is 0 Å². The summed E-state index contributed by atoms with van der Waals surface area (Å²) in [6, 6.07) is 13.5. The van der Waals surface area contributed by atoms with Gasteiger partial charge in [0.15, 0.2) is 0 Å². The molecule has 178 valence electrons. The average Bonchev–Trinajstić information content (AvgIpc) is 2.91. The molecule has 7 nitrogen and oxygen atoms in total. The highest BCUT2D eigenvalue weighted by Crippen LogP contribution is 2.32. The van der Waals surface area contributed by atoms with Crippen LogP contribution in [-0.2, 0) is 26.1 Å². The van der Waals surface area contributed by atoms with Gasteiger partial charge in [-0.15, -0.1) is 0 Å². The molecule has 0 aromatic heterocycles. The quantitative estimate of drug-likeness (QED) is 0.680. The summed E-state index contributed by atoms with van der Waals surface area (Å²) >= 11 is 0. The van der Waals surface area contributed by atoms with E-state index in [-0.39, 0.29) is 25.7 Å². The summed E-state index contributed by atoms with van der Waals surface area (Å²) in [5.41, 5.74) is 1.72.